The van der Waals surface area contributed by atoms with Gasteiger partial charge in [0.05, 0.1) is 21.3 Å². The average Bonchev–Trinajstić information content (AvgIpc) is 3.90. The molecule has 0 unspecified atom stereocenters. The molecule has 0 aliphatic heterocycles. The van der Waals surface area contributed by atoms with E-state index in [1.54, 1.807) is 32.0 Å². The first-order valence-electron chi connectivity index (χ1n) is 19.0. The van der Waals surface area contributed by atoms with Crippen molar-refractivity contribution in [3.05, 3.63) is 109 Å². The quantitative estimate of drug-likeness (QED) is 0.0637. The molecule has 0 saturated carbocycles. The zero-order valence-corrected chi connectivity index (χ0v) is 40.1. The fourth-order valence-corrected chi connectivity index (χ4v) is 9.87. The van der Waals surface area contributed by atoms with Gasteiger partial charge >= 0.3 is 305 Å². The molecule has 0 radical (unpaired) electrons. The molecule has 2 heterocycles. The first-order valence-corrected chi connectivity index (χ1v) is 22.4. The van der Waals surface area contributed by atoms with Gasteiger partial charge in [-0.05, 0) is 17.6 Å². The van der Waals surface area contributed by atoms with E-state index in [1.165, 1.54) is 54.8 Å². The van der Waals surface area contributed by atoms with Crippen molar-refractivity contribution in [3.8, 4) is 65.9 Å². The van der Waals surface area contributed by atoms with Gasteiger partial charge in [-0.15, -0.1) is 0 Å². The van der Waals surface area contributed by atoms with E-state index < -0.39 is 27.6 Å². The van der Waals surface area contributed by atoms with Crippen LogP contribution in [0.1, 0.15) is 42.3 Å². The SMILES string of the molecule is COc1cc(B(O)O)cc(OC)c1OC.[C-]#[N+]c1cc(-c2nc(C)c(C(=O)O)[se]2)ccc1-c1cc(OC)c(OC)c(OC)c1.[C-]#[N+]c1cc(-c2nc(C)c(C(=O)OCC)[se]2)ccc1C. The van der Waals surface area contributed by atoms with Gasteiger partial charge < -0.3 is 24.3 Å². The molecular formula is C45H45BN4O12Se2. The molecule has 16 nitrogen and oxygen atoms in total. The minimum absolute atomic E-state index is 0.162. The summed E-state index contributed by atoms with van der Waals surface area (Å²) in [6.45, 7) is 22.4. The van der Waals surface area contributed by atoms with Crippen LogP contribution in [0.4, 0.5) is 11.4 Å². The summed E-state index contributed by atoms with van der Waals surface area (Å²) in [4.78, 5) is 39.2. The fraction of sp³-hybridized carbons (Fsp3) is 0.244. The summed E-state index contributed by atoms with van der Waals surface area (Å²) in [6, 6.07) is 17.7. The maximum absolute atomic E-state index is 11.8. The topological polar surface area (TPSA) is 194 Å². The van der Waals surface area contributed by atoms with Crippen LogP contribution in [-0.2, 0) is 4.74 Å². The predicted molar refractivity (Wildman–Crippen MR) is 244 cm³/mol. The number of carbonyl (C=O) groups is 2. The maximum atomic E-state index is 11.8. The van der Waals surface area contributed by atoms with E-state index in [1.807, 2.05) is 44.2 Å². The Hall–Kier alpha value is -6.56. The van der Waals surface area contributed by atoms with Crippen LogP contribution in [0.3, 0.4) is 0 Å². The minimum atomic E-state index is -1.57. The Labute approximate surface area is 383 Å². The molecule has 3 N–H and O–H groups in total. The molecule has 332 valence electrons. The number of carbonyl (C=O) groups excluding carboxylic acids is 1. The summed E-state index contributed by atoms with van der Waals surface area (Å²) in [5.41, 5.74) is 6.65. The molecule has 0 fully saturated rings. The third-order valence-electron chi connectivity index (χ3n) is 9.15. The molecule has 19 heteroatoms. The van der Waals surface area contributed by atoms with Crippen molar-refractivity contribution in [2.45, 2.75) is 27.7 Å². The second-order valence-corrected chi connectivity index (χ2v) is 17.3. The van der Waals surface area contributed by atoms with Crippen LogP contribution < -0.4 is 33.9 Å². The Morgan fingerprint density at radius 2 is 1.09 bits per heavy atom. The number of methoxy groups -OCH3 is 6. The third kappa shape index (κ3) is 11.7. The molecule has 0 bridgehead atoms. The number of carboxylic acids is 1. The van der Waals surface area contributed by atoms with Crippen LogP contribution in [0.5, 0.6) is 34.5 Å². The van der Waals surface area contributed by atoms with Crippen molar-refractivity contribution >= 4 is 64.9 Å². The number of aryl methyl sites for hydroxylation is 3. The number of aromatic nitrogens is 2. The van der Waals surface area contributed by atoms with E-state index in [4.69, 9.17) is 56.4 Å². The Bertz CT molecular complexity index is 2670. The molecule has 64 heavy (non-hydrogen) atoms. The molecule has 0 amide bonds. The number of esters is 1. The molecule has 4 aromatic carbocycles. The standard InChI is InChI=1S/C21H18N2O5Se.C15H14N2O2Se.C9H13BO5/c1-11-19(21(24)25)29-20(23-11)12-6-7-14(15(8-12)22-2)13-9-16(26-3)18(28-5)17(10-13)27-4;1-5-19-15(18)13-10(3)17-14(20-13)11-7-6-9(2)12(8-11)16-4;1-13-7-4-6(10(11)12)5-8(14-2)9(7)15-3/h6-10H,1,3-5H3,(H,24,25);6-8H,5H2,1-3H3;4-5,11-12H,1-3H3. The number of carboxylic acid groups (broad SMARTS) is 1. The van der Waals surface area contributed by atoms with Crippen LogP contribution >= 0.6 is 0 Å². The van der Waals surface area contributed by atoms with Gasteiger partial charge in [-0.1, -0.05) is 0 Å². The molecule has 0 saturated heterocycles. The summed E-state index contributed by atoms with van der Waals surface area (Å²) < 4.78 is 39.0. The number of hydrogen-bond acceptors (Lipinski definition) is 13. The van der Waals surface area contributed by atoms with Crippen LogP contribution in [0, 0.1) is 33.9 Å². The van der Waals surface area contributed by atoms with Crippen LogP contribution in [0.2, 0.25) is 0 Å². The fourth-order valence-electron chi connectivity index (χ4n) is 5.98. The van der Waals surface area contributed by atoms with Crippen molar-refractivity contribution in [3.63, 3.8) is 0 Å². The Kier molecular flexibility index (Phi) is 18.2. The number of nitrogens with zero attached hydrogens (tertiary/aromatic N) is 4. The summed E-state index contributed by atoms with van der Waals surface area (Å²) >= 11 is -0.561. The predicted octanol–water partition coefficient (Wildman–Crippen LogP) is 6.60. The number of rotatable bonds is 13. The van der Waals surface area contributed by atoms with Gasteiger partial charge in [0.1, 0.15) is 0 Å². The third-order valence-corrected chi connectivity index (χ3v) is 14.1. The zero-order valence-electron chi connectivity index (χ0n) is 36.7. The molecule has 0 aliphatic rings. The summed E-state index contributed by atoms with van der Waals surface area (Å²) in [5.74, 6) is 1.45. The van der Waals surface area contributed by atoms with Crippen LogP contribution in [0.25, 0.3) is 41.1 Å². The molecule has 0 spiro atoms. The molecular weight excluding hydrogens is 957 g/mol. The number of aromatic carboxylic acids is 1. The van der Waals surface area contributed by atoms with Gasteiger partial charge in [0.2, 0.25) is 5.75 Å². The van der Waals surface area contributed by atoms with Gasteiger partial charge in [0.15, 0.2) is 11.5 Å². The summed E-state index contributed by atoms with van der Waals surface area (Å²) in [6.07, 6.45) is 0. The van der Waals surface area contributed by atoms with E-state index in [2.05, 4.69) is 19.7 Å². The van der Waals surface area contributed by atoms with Crippen molar-refractivity contribution in [1.29, 1.82) is 0 Å². The van der Waals surface area contributed by atoms with E-state index in [9.17, 15) is 14.7 Å². The second-order valence-electron chi connectivity index (χ2n) is 13.1. The number of hydrogen-bond donors (Lipinski definition) is 3. The summed E-state index contributed by atoms with van der Waals surface area (Å²) in [7, 11) is 7.44. The Morgan fingerprint density at radius 3 is 1.52 bits per heavy atom. The van der Waals surface area contributed by atoms with Gasteiger partial charge in [-0.2, -0.15) is 0 Å². The van der Waals surface area contributed by atoms with Crippen molar-refractivity contribution in [2.75, 3.05) is 49.3 Å². The second kappa shape index (κ2) is 23.2. The molecule has 6 aromatic rings. The van der Waals surface area contributed by atoms with Gasteiger partial charge in [0.25, 0.3) is 0 Å². The number of benzene rings is 4. The van der Waals surface area contributed by atoms with Crippen LogP contribution in [-0.4, -0.2) is 122 Å². The average molecular weight is 1000 g/mol. The Morgan fingerprint density at radius 1 is 0.641 bits per heavy atom. The molecule has 0 atom stereocenters. The van der Waals surface area contributed by atoms with Gasteiger partial charge in [-0.25, -0.2) is 0 Å². The van der Waals surface area contributed by atoms with E-state index in [-0.39, 0.29) is 25.9 Å². The normalized spacial score (nSPS) is 10.1. The van der Waals surface area contributed by atoms with E-state index in [0.29, 0.717) is 77.2 Å². The molecule has 2 aromatic heterocycles. The van der Waals surface area contributed by atoms with Gasteiger partial charge in [0, 0.05) is 0 Å². The number of ether oxygens (including phenoxy) is 7. The Balaban J connectivity index is 0.000000224. The van der Waals surface area contributed by atoms with Gasteiger partial charge in [-0.3, -0.25) is 0 Å². The first kappa shape index (κ1) is 50.1. The first-order chi connectivity index (χ1) is 30.6. The van der Waals surface area contributed by atoms with Crippen LogP contribution in [0.15, 0.2) is 60.7 Å². The van der Waals surface area contributed by atoms with Crippen molar-refractivity contribution < 1.29 is 57.9 Å². The zero-order chi connectivity index (χ0) is 47.2. The van der Waals surface area contributed by atoms with Crippen molar-refractivity contribution in [1.82, 2.24) is 9.97 Å². The monoisotopic (exact) mass is 1000 g/mol. The van der Waals surface area contributed by atoms with Crippen molar-refractivity contribution in [2.24, 2.45) is 0 Å². The van der Waals surface area contributed by atoms with E-state index >= 15 is 0 Å². The molecule has 6 rings (SSSR count). The molecule has 0 aliphatic carbocycles. The van der Waals surface area contributed by atoms with E-state index in [0.717, 1.165) is 32.5 Å². The summed E-state index contributed by atoms with van der Waals surface area (Å²) in [5, 5.41) is 27.3.